The summed E-state index contributed by atoms with van der Waals surface area (Å²) in [5, 5.41) is 12.7. The number of nitrogens with zero attached hydrogens (tertiary/aromatic N) is 3. The fourth-order valence-corrected chi connectivity index (χ4v) is 3.81. The van der Waals surface area contributed by atoms with Crippen LogP contribution >= 0.6 is 11.8 Å². The Morgan fingerprint density at radius 2 is 2.00 bits per heavy atom. The zero-order valence-corrected chi connectivity index (χ0v) is 18.1. The molecule has 0 fully saturated rings. The van der Waals surface area contributed by atoms with Gasteiger partial charge in [0.25, 0.3) is 5.56 Å². The lowest BCUT2D eigenvalue weighted by Crippen LogP contribution is -2.18. The van der Waals surface area contributed by atoms with Crippen LogP contribution in [0.25, 0.3) is 0 Å². The summed E-state index contributed by atoms with van der Waals surface area (Å²) < 4.78 is 0. The highest BCUT2D eigenvalue weighted by Crippen LogP contribution is 2.15. The number of hydrogen-bond acceptors (Lipinski definition) is 7. The van der Waals surface area contributed by atoms with Gasteiger partial charge in [-0.15, -0.1) is 0 Å². The Bertz CT molecular complexity index is 1020. The molecule has 0 aliphatic heterocycles. The molecule has 2 heterocycles. The van der Waals surface area contributed by atoms with Crippen molar-refractivity contribution < 1.29 is 5.11 Å². The van der Waals surface area contributed by atoms with Crippen molar-refractivity contribution in [3.63, 3.8) is 0 Å². The van der Waals surface area contributed by atoms with E-state index in [9.17, 15) is 9.90 Å². The highest BCUT2D eigenvalue weighted by atomic mass is 32.2. The molecule has 158 valence electrons. The van der Waals surface area contributed by atoms with Crippen molar-refractivity contribution in [1.82, 2.24) is 19.9 Å². The van der Waals surface area contributed by atoms with Crippen molar-refractivity contribution >= 4 is 17.7 Å². The molecular formula is C22H27N5O2S. The van der Waals surface area contributed by atoms with Crippen LogP contribution in [0, 0.1) is 0 Å². The predicted molar refractivity (Wildman–Crippen MR) is 122 cm³/mol. The number of aromatic amines is 1. The minimum atomic E-state index is -0.206. The van der Waals surface area contributed by atoms with Gasteiger partial charge in [-0.25, -0.2) is 4.98 Å². The molecule has 0 amide bonds. The van der Waals surface area contributed by atoms with Crippen LogP contribution in [-0.4, -0.2) is 51.4 Å². The lowest BCUT2D eigenvalue weighted by Gasteiger charge is -2.11. The molecule has 7 nitrogen and oxygen atoms in total. The van der Waals surface area contributed by atoms with E-state index in [4.69, 9.17) is 0 Å². The average Bonchev–Trinajstić information content (AvgIpc) is 2.69. The molecule has 1 aromatic carbocycles. The van der Waals surface area contributed by atoms with E-state index in [1.54, 1.807) is 12.3 Å². The molecule has 2 aromatic heterocycles. The van der Waals surface area contributed by atoms with Gasteiger partial charge in [-0.3, -0.25) is 14.8 Å². The van der Waals surface area contributed by atoms with Crippen LogP contribution in [0.3, 0.4) is 0 Å². The van der Waals surface area contributed by atoms with Gasteiger partial charge in [-0.1, -0.05) is 24.3 Å². The van der Waals surface area contributed by atoms with Gasteiger partial charge in [0, 0.05) is 60.7 Å². The fourth-order valence-electron chi connectivity index (χ4n) is 3.01. The molecule has 0 unspecified atom stereocenters. The molecule has 0 bridgehead atoms. The largest absolute Gasteiger partial charge is 0.508 e. The molecular weight excluding hydrogens is 398 g/mol. The SMILES string of the molecule is CN(C)Cc1cccc(CSCCNc2ncc(Cc3cc(O)ccn3)c(=O)[nH]2)c1. The summed E-state index contributed by atoms with van der Waals surface area (Å²) in [6, 6.07) is 11.7. The Hall–Kier alpha value is -2.84. The van der Waals surface area contributed by atoms with Crippen LogP contribution in [0.4, 0.5) is 5.95 Å². The van der Waals surface area contributed by atoms with Gasteiger partial charge in [0.05, 0.1) is 0 Å². The first-order chi connectivity index (χ1) is 14.5. The number of aromatic nitrogens is 3. The molecule has 3 N–H and O–H groups in total. The third kappa shape index (κ3) is 6.89. The van der Waals surface area contributed by atoms with Gasteiger partial charge < -0.3 is 15.3 Å². The molecule has 0 radical (unpaired) electrons. The number of H-pyrrole nitrogens is 1. The maximum absolute atomic E-state index is 12.3. The molecule has 3 rings (SSSR count). The maximum Gasteiger partial charge on any atom is 0.255 e. The van der Waals surface area contributed by atoms with Crippen LogP contribution in [0.1, 0.15) is 22.4 Å². The number of aromatic hydroxyl groups is 1. The van der Waals surface area contributed by atoms with Crippen molar-refractivity contribution in [2.45, 2.75) is 18.7 Å². The molecule has 0 spiro atoms. The van der Waals surface area contributed by atoms with Crippen molar-refractivity contribution in [3.05, 3.63) is 81.5 Å². The first-order valence-corrected chi connectivity index (χ1v) is 10.9. The van der Waals surface area contributed by atoms with E-state index >= 15 is 0 Å². The van der Waals surface area contributed by atoms with Gasteiger partial charge in [-0.2, -0.15) is 11.8 Å². The second-order valence-electron chi connectivity index (χ2n) is 7.31. The number of pyridine rings is 1. The summed E-state index contributed by atoms with van der Waals surface area (Å²) in [7, 11) is 4.14. The molecule has 0 atom stereocenters. The number of anilines is 1. The van der Waals surface area contributed by atoms with Gasteiger partial charge in [0.15, 0.2) is 0 Å². The Morgan fingerprint density at radius 1 is 1.17 bits per heavy atom. The lowest BCUT2D eigenvalue weighted by atomic mass is 10.1. The zero-order chi connectivity index (χ0) is 21.3. The van der Waals surface area contributed by atoms with Gasteiger partial charge >= 0.3 is 0 Å². The van der Waals surface area contributed by atoms with E-state index in [-0.39, 0.29) is 11.3 Å². The Kier molecular flexibility index (Phi) is 7.87. The van der Waals surface area contributed by atoms with Crippen LogP contribution in [0.15, 0.2) is 53.6 Å². The van der Waals surface area contributed by atoms with E-state index in [2.05, 4.69) is 63.5 Å². The number of rotatable bonds is 10. The topological polar surface area (TPSA) is 94.1 Å². The minimum absolute atomic E-state index is 0.129. The van der Waals surface area contributed by atoms with E-state index in [0.717, 1.165) is 18.1 Å². The Balaban J connectivity index is 1.44. The van der Waals surface area contributed by atoms with E-state index in [1.165, 1.54) is 23.4 Å². The quantitative estimate of drug-likeness (QED) is 0.430. The summed E-state index contributed by atoms with van der Waals surface area (Å²) in [4.78, 5) is 25.6. The third-order valence-electron chi connectivity index (χ3n) is 4.34. The first kappa shape index (κ1) is 21.9. The smallest absolute Gasteiger partial charge is 0.255 e. The molecule has 0 saturated heterocycles. The van der Waals surface area contributed by atoms with Gasteiger partial charge in [0.1, 0.15) is 5.75 Å². The van der Waals surface area contributed by atoms with E-state index in [1.807, 2.05) is 11.8 Å². The highest BCUT2D eigenvalue weighted by Gasteiger charge is 2.06. The number of hydrogen-bond donors (Lipinski definition) is 3. The summed E-state index contributed by atoms with van der Waals surface area (Å²) in [6.07, 6.45) is 3.38. The maximum atomic E-state index is 12.3. The molecule has 0 aliphatic carbocycles. The normalized spacial score (nSPS) is 11.0. The van der Waals surface area contributed by atoms with Crippen LogP contribution in [-0.2, 0) is 18.7 Å². The number of benzene rings is 1. The molecule has 0 saturated carbocycles. The Morgan fingerprint density at radius 3 is 2.77 bits per heavy atom. The number of thioether (sulfide) groups is 1. The minimum Gasteiger partial charge on any atom is -0.508 e. The van der Waals surface area contributed by atoms with E-state index < -0.39 is 0 Å². The lowest BCUT2D eigenvalue weighted by molar-refractivity contribution is 0.402. The predicted octanol–water partition coefficient (Wildman–Crippen LogP) is 2.87. The highest BCUT2D eigenvalue weighted by molar-refractivity contribution is 7.98. The van der Waals surface area contributed by atoms with Crippen molar-refractivity contribution in [2.24, 2.45) is 0 Å². The van der Waals surface area contributed by atoms with Gasteiger partial charge in [-0.05, 0) is 31.3 Å². The summed E-state index contributed by atoms with van der Waals surface area (Å²) in [6.45, 7) is 1.65. The monoisotopic (exact) mass is 425 g/mol. The van der Waals surface area contributed by atoms with E-state index in [0.29, 0.717) is 30.2 Å². The second-order valence-corrected chi connectivity index (χ2v) is 8.41. The average molecular weight is 426 g/mol. The van der Waals surface area contributed by atoms with Crippen molar-refractivity contribution in [2.75, 3.05) is 31.7 Å². The van der Waals surface area contributed by atoms with Crippen LogP contribution in [0.5, 0.6) is 5.75 Å². The molecule has 3 aromatic rings. The van der Waals surface area contributed by atoms with Crippen molar-refractivity contribution in [1.29, 1.82) is 0 Å². The summed E-state index contributed by atoms with van der Waals surface area (Å²) in [5.74, 6) is 2.44. The summed E-state index contributed by atoms with van der Waals surface area (Å²) in [5.41, 5.74) is 3.55. The van der Waals surface area contributed by atoms with Gasteiger partial charge in [0.2, 0.25) is 5.95 Å². The fraction of sp³-hybridized carbons (Fsp3) is 0.318. The summed E-state index contributed by atoms with van der Waals surface area (Å²) >= 11 is 1.84. The number of nitrogens with one attached hydrogen (secondary N) is 2. The second kappa shape index (κ2) is 10.8. The van der Waals surface area contributed by atoms with Crippen LogP contribution in [0.2, 0.25) is 0 Å². The molecule has 0 aliphatic rings. The Labute approximate surface area is 180 Å². The molecule has 8 heteroatoms. The molecule has 30 heavy (non-hydrogen) atoms. The third-order valence-corrected chi connectivity index (χ3v) is 5.37. The first-order valence-electron chi connectivity index (χ1n) is 9.76. The zero-order valence-electron chi connectivity index (χ0n) is 17.3. The van der Waals surface area contributed by atoms with Crippen LogP contribution < -0.4 is 10.9 Å². The van der Waals surface area contributed by atoms with Crippen molar-refractivity contribution in [3.8, 4) is 5.75 Å². The standard InChI is InChI=1S/C22H27N5O2S/c1-27(2)14-16-4-3-5-17(10-16)15-30-9-8-24-22-25-13-18(21(29)26-22)11-19-12-20(28)6-7-23-19/h3-7,10,12-13H,8-9,11,14-15H2,1-2H3,(H,23,28)(H2,24,25,26,29).